The van der Waals surface area contributed by atoms with Crippen molar-refractivity contribution in [2.45, 2.75) is 11.5 Å². The molecule has 4 nitrogen and oxygen atoms in total. The van der Waals surface area contributed by atoms with Gasteiger partial charge in [-0.25, -0.2) is 8.42 Å². The van der Waals surface area contributed by atoms with Crippen molar-refractivity contribution in [2.75, 3.05) is 4.72 Å². The summed E-state index contributed by atoms with van der Waals surface area (Å²) >= 11 is 6.92. The molecule has 1 aromatic heterocycles. The summed E-state index contributed by atoms with van der Waals surface area (Å²) in [5.74, 6) is 0. The van der Waals surface area contributed by atoms with Gasteiger partial charge in [0.2, 0.25) is 0 Å². The van der Waals surface area contributed by atoms with Gasteiger partial charge in [0.15, 0.2) is 0 Å². The summed E-state index contributed by atoms with van der Waals surface area (Å²) < 4.78 is 26.6. The van der Waals surface area contributed by atoms with E-state index in [1.807, 2.05) is 0 Å². The molecule has 0 radical (unpaired) electrons. The molecule has 0 spiro atoms. The molecule has 0 fully saturated rings. The van der Waals surface area contributed by atoms with Crippen LogP contribution in [0.25, 0.3) is 0 Å². The highest BCUT2D eigenvalue weighted by atomic mass is 35.5. The molecule has 0 atom stereocenters. The van der Waals surface area contributed by atoms with Crippen LogP contribution >= 0.6 is 22.9 Å². The standard InChI is InChI=1S/C11H10ClNO3S2/c12-8-1-3-9(4-2-8)13-18(15,16)11-5-6-17-10(11)7-14/h1-6,13-14H,7H2. The minimum Gasteiger partial charge on any atom is -0.391 e. The van der Waals surface area contributed by atoms with Crippen LogP contribution < -0.4 is 4.72 Å². The van der Waals surface area contributed by atoms with Crippen LogP contribution in [0.1, 0.15) is 4.88 Å². The van der Waals surface area contributed by atoms with Crippen molar-refractivity contribution in [3.05, 3.63) is 45.6 Å². The zero-order valence-electron chi connectivity index (χ0n) is 9.13. The molecule has 0 amide bonds. The summed E-state index contributed by atoms with van der Waals surface area (Å²) in [6.07, 6.45) is 0. The third kappa shape index (κ3) is 2.84. The number of hydrogen-bond acceptors (Lipinski definition) is 4. The van der Waals surface area contributed by atoms with E-state index >= 15 is 0 Å². The van der Waals surface area contributed by atoms with Gasteiger partial charge in [-0.05, 0) is 35.7 Å². The van der Waals surface area contributed by atoms with Crippen LogP contribution in [-0.2, 0) is 16.6 Å². The van der Waals surface area contributed by atoms with Crippen molar-refractivity contribution in [1.29, 1.82) is 0 Å². The molecule has 0 bridgehead atoms. The van der Waals surface area contributed by atoms with Gasteiger partial charge in [-0.3, -0.25) is 4.72 Å². The molecule has 7 heteroatoms. The minimum atomic E-state index is -3.67. The second-order valence-electron chi connectivity index (χ2n) is 3.48. The van der Waals surface area contributed by atoms with Gasteiger partial charge in [-0.15, -0.1) is 11.3 Å². The maximum atomic E-state index is 12.1. The van der Waals surface area contributed by atoms with Crippen molar-refractivity contribution >= 4 is 38.6 Å². The Morgan fingerprint density at radius 2 is 1.89 bits per heavy atom. The van der Waals surface area contributed by atoms with E-state index in [4.69, 9.17) is 16.7 Å². The molecule has 0 saturated heterocycles. The second kappa shape index (κ2) is 5.27. The zero-order valence-corrected chi connectivity index (χ0v) is 11.5. The normalized spacial score (nSPS) is 11.4. The molecule has 2 aromatic rings. The van der Waals surface area contributed by atoms with Gasteiger partial charge in [0.05, 0.1) is 11.5 Å². The molecular formula is C11H10ClNO3S2. The third-order valence-electron chi connectivity index (χ3n) is 2.23. The number of hydrogen-bond donors (Lipinski definition) is 2. The van der Waals surface area contributed by atoms with Crippen LogP contribution in [0.3, 0.4) is 0 Å². The van der Waals surface area contributed by atoms with E-state index in [1.165, 1.54) is 17.4 Å². The Morgan fingerprint density at radius 3 is 2.50 bits per heavy atom. The summed E-state index contributed by atoms with van der Waals surface area (Å²) in [5, 5.41) is 11.2. The number of halogens is 1. The average Bonchev–Trinajstić information content (AvgIpc) is 2.81. The quantitative estimate of drug-likeness (QED) is 0.912. The van der Waals surface area contributed by atoms with E-state index in [0.717, 1.165) is 0 Å². The molecule has 2 rings (SSSR count). The van der Waals surface area contributed by atoms with Crippen molar-refractivity contribution in [3.63, 3.8) is 0 Å². The summed E-state index contributed by atoms with van der Waals surface area (Å²) in [5.41, 5.74) is 0.425. The number of benzene rings is 1. The lowest BCUT2D eigenvalue weighted by molar-refractivity contribution is 0.282. The molecule has 18 heavy (non-hydrogen) atoms. The molecule has 0 aliphatic rings. The van der Waals surface area contributed by atoms with Gasteiger partial charge >= 0.3 is 0 Å². The first-order chi connectivity index (χ1) is 8.53. The highest BCUT2D eigenvalue weighted by Crippen LogP contribution is 2.24. The fourth-order valence-electron chi connectivity index (χ4n) is 1.41. The van der Waals surface area contributed by atoms with Crippen LogP contribution in [0.5, 0.6) is 0 Å². The molecule has 0 aliphatic heterocycles. The Hall–Kier alpha value is -1.08. The Labute approximate surface area is 114 Å². The summed E-state index contributed by atoms with van der Waals surface area (Å²) in [7, 11) is -3.67. The van der Waals surface area contributed by atoms with Crippen LogP contribution in [0.4, 0.5) is 5.69 Å². The lowest BCUT2D eigenvalue weighted by Gasteiger charge is -2.08. The fourth-order valence-corrected chi connectivity index (χ4v) is 3.89. The van der Waals surface area contributed by atoms with E-state index in [-0.39, 0.29) is 11.5 Å². The number of thiophene rings is 1. The van der Waals surface area contributed by atoms with Gasteiger partial charge in [-0.1, -0.05) is 11.6 Å². The van der Waals surface area contributed by atoms with Crippen molar-refractivity contribution in [2.24, 2.45) is 0 Å². The molecule has 1 heterocycles. The van der Waals surface area contributed by atoms with E-state index in [2.05, 4.69) is 4.72 Å². The predicted molar refractivity (Wildman–Crippen MR) is 72.5 cm³/mol. The topological polar surface area (TPSA) is 66.4 Å². The van der Waals surface area contributed by atoms with Gasteiger partial charge in [0.1, 0.15) is 4.90 Å². The molecular weight excluding hydrogens is 294 g/mol. The Bertz CT molecular complexity index is 635. The highest BCUT2D eigenvalue weighted by Gasteiger charge is 2.19. The molecule has 0 aliphatic carbocycles. The largest absolute Gasteiger partial charge is 0.391 e. The summed E-state index contributed by atoms with van der Waals surface area (Å²) in [6.45, 7) is -0.297. The van der Waals surface area contributed by atoms with Gasteiger partial charge in [0.25, 0.3) is 10.0 Å². The lowest BCUT2D eigenvalue weighted by Crippen LogP contribution is -2.13. The highest BCUT2D eigenvalue weighted by molar-refractivity contribution is 7.93. The van der Waals surface area contributed by atoms with Crippen LogP contribution in [0, 0.1) is 0 Å². The van der Waals surface area contributed by atoms with Crippen molar-refractivity contribution in [3.8, 4) is 0 Å². The Kier molecular flexibility index (Phi) is 3.91. The maximum Gasteiger partial charge on any atom is 0.263 e. The summed E-state index contributed by atoms with van der Waals surface area (Å²) in [4.78, 5) is 0.515. The monoisotopic (exact) mass is 303 g/mol. The molecule has 96 valence electrons. The van der Waals surface area contributed by atoms with Crippen LogP contribution in [-0.4, -0.2) is 13.5 Å². The van der Waals surface area contributed by atoms with Crippen molar-refractivity contribution < 1.29 is 13.5 Å². The van der Waals surface area contributed by atoms with E-state index in [0.29, 0.717) is 15.6 Å². The van der Waals surface area contributed by atoms with Gasteiger partial charge < -0.3 is 5.11 Å². The molecule has 0 unspecified atom stereocenters. The smallest absolute Gasteiger partial charge is 0.263 e. The van der Waals surface area contributed by atoms with Crippen LogP contribution in [0.2, 0.25) is 5.02 Å². The van der Waals surface area contributed by atoms with E-state index < -0.39 is 10.0 Å². The number of sulfonamides is 1. The first-order valence-electron chi connectivity index (χ1n) is 4.98. The van der Waals surface area contributed by atoms with Gasteiger partial charge in [0, 0.05) is 10.7 Å². The fraction of sp³-hybridized carbons (Fsp3) is 0.0909. The van der Waals surface area contributed by atoms with E-state index in [9.17, 15) is 8.42 Å². The number of aliphatic hydroxyl groups excluding tert-OH is 1. The SMILES string of the molecule is O=S(=O)(Nc1ccc(Cl)cc1)c1ccsc1CO. The number of aliphatic hydroxyl groups is 1. The minimum absolute atomic E-state index is 0.102. The third-order valence-corrected chi connectivity index (χ3v) is 4.99. The van der Waals surface area contributed by atoms with Crippen LogP contribution in [0.15, 0.2) is 40.6 Å². The zero-order chi connectivity index (χ0) is 13.2. The summed E-state index contributed by atoms with van der Waals surface area (Å²) in [6, 6.07) is 7.81. The first-order valence-corrected chi connectivity index (χ1v) is 7.72. The Morgan fingerprint density at radius 1 is 1.22 bits per heavy atom. The average molecular weight is 304 g/mol. The predicted octanol–water partition coefficient (Wildman–Crippen LogP) is 2.69. The maximum absolute atomic E-state index is 12.1. The van der Waals surface area contributed by atoms with Gasteiger partial charge in [-0.2, -0.15) is 0 Å². The number of anilines is 1. The molecule has 2 N–H and O–H groups in total. The lowest BCUT2D eigenvalue weighted by atomic mass is 10.3. The number of nitrogens with one attached hydrogen (secondary N) is 1. The molecule has 0 saturated carbocycles. The second-order valence-corrected chi connectivity index (χ2v) is 6.57. The Balaban J connectivity index is 2.30. The first kappa shape index (κ1) is 13.4. The number of rotatable bonds is 4. The molecule has 1 aromatic carbocycles. The van der Waals surface area contributed by atoms with Crippen molar-refractivity contribution in [1.82, 2.24) is 0 Å². The van der Waals surface area contributed by atoms with E-state index in [1.54, 1.807) is 29.6 Å².